The molecule has 62 valence electrons. The summed E-state index contributed by atoms with van der Waals surface area (Å²) in [6.45, 7) is 7.92. The maximum atomic E-state index is 9.21. The van der Waals surface area contributed by atoms with Crippen LogP contribution in [0.5, 0.6) is 0 Å². The van der Waals surface area contributed by atoms with E-state index >= 15 is 0 Å². The Labute approximate surface area is 62.8 Å². The van der Waals surface area contributed by atoms with E-state index in [1.165, 1.54) is 4.90 Å². The van der Waals surface area contributed by atoms with Gasteiger partial charge in [0.05, 0.1) is 13.1 Å². The van der Waals surface area contributed by atoms with Gasteiger partial charge in [0.1, 0.15) is 13.1 Å². The minimum atomic E-state index is -0.213. The summed E-state index contributed by atoms with van der Waals surface area (Å²) in [6, 6.07) is 0. The van der Waals surface area contributed by atoms with Gasteiger partial charge in [-0.2, -0.15) is 0 Å². The fourth-order valence-electron chi connectivity index (χ4n) is 0.974. The quantitative estimate of drug-likeness (QED) is 0.397. The van der Waals surface area contributed by atoms with Crippen molar-refractivity contribution in [1.82, 2.24) is 0 Å². The summed E-state index contributed by atoms with van der Waals surface area (Å²) in [5, 5.41) is 9.21. The third-order valence-corrected chi connectivity index (χ3v) is 1.86. The molecule has 5 N–H and O–H groups in total. The Balaban J connectivity index is 3.41. The number of aliphatic hydroxyl groups excluding tert-OH is 1. The van der Waals surface area contributed by atoms with Crippen LogP contribution in [0.2, 0.25) is 0 Å². The maximum Gasteiger partial charge on any atom is 0.151 e. The van der Waals surface area contributed by atoms with Crippen LogP contribution >= 0.6 is 0 Å². The number of rotatable bonds is 5. The Kier molecular flexibility index (Phi) is 5.58. The second kappa shape index (κ2) is 5.65. The number of hydrogen-bond acceptors (Lipinski definition) is 1. The lowest BCUT2D eigenvalue weighted by molar-refractivity contribution is -0.900. The van der Waals surface area contributed by atoms with Crippen LogP contribution in [0.25, 0.3) is 0 Å². The molecule has 0 aromatic carbocycles. The largest absolute Gasteiger partial charge is 0.382 e. The van der Waals surface area contributed by atoms with Crippen molar-refractivity contribution in [3.8, 4) is 0 Å². The van der Waals surface area contributed by atoms with Gasteiger partial charge in [0.25, 0.3) is 0 Å². The number of quaternary nitrogens is 2. The minimum Gasteiger partial charge on any atom is -0.382 e. The molecule has 0 saturated carbocycles. The number of hydrogen-bond donors (Lipinski definition) is 3. The molecule has 0 aromatic rings. The molecule has 0 aliphatic carbocycles. The van der Waals surface area contributed by atoms with Gasteiger partial charge in [0, 0.05) is 0 Å². The fraction of sp³-hybridized carbons (Fsp3) is 1.00. The highest BCUT2D eigenvalue weighted by Crippen LogP contribution is 1.67. The summed E-state index contributed by atoms with van der Waals surface area (Å²) in [6.07, 6.45) is -0.213. The number of nitrogens with one attached hydrogen (secondary N) is 1. The van der Waals surface area contributed by atoms with Gasteiger partial charge in [-0.3, -0.25) is 0 Å². The van der Waals surface area contributed by atoms with E-state index in [2.05, 4.69) is 19.6 Å². The molecule has 1 atom stereocenters. The van der Waals surface area contributed by atoms with E-state index in [0.717, 1.165) is 19.6 Å². The lowest BCUT2D eigenvalue weighted by Gasteiger charge is -2.16. The minimum absolute atomic E-state index is 0.213. The van der Waals surface area contributed by atoms with Crippen LogP contribution in [0.1, 0.15) is 13.8 Å². The first kappa shape index (κ1) is 9.88. The molecule has 0 heterocycles. The highest BCUT2D eigenvalue weighted by atomic mass is 16.3. The van der Waals surface area contributed by atoms with E-state index < -0.39 is 0 Å². The number of aliphatic hydroxyl groups is 1. The first-order valence-corrected chi connectivity index (χ1v) is 4.05. The lowest BCUT2D eigenvalue weighted by Crippen LogP contribution is -3.12. The predicted octanol–water partition coefficient (Wildman–Crippen LogP) is -2.49. The van der Waals surface area contributed by atoms with Gasteiger partial charge >= 0.3 is 0 Å². The van der Waals surface area contributed by atoms with Crippen molar-refractivity contribution in [2.24, 2.45) is 0 Å². The highest BCUT2D eigenvalue weighted by Gasteiger charge is 2.10. The number of likely N-dealkylation sites (N-methyl/N-ethyl adjacent to an activating group) is 1. The summed E-state index contributed by atoms with van der Waals surface area (Å²) in [5.41, 5.74) is 3.64. The molecule has 0 spiro atoms. The second-order valence-corrected chi connectivity index (χ2v) is 2.60. The van der Waals surface area contributed by atoms with E-state index in [-0.39, 0.29) is 6.10 Å². The average Bonchev–Trinajstić information content (AvgIpc) is 1.99. The van der Waals surface area contributed by atoms with Gasteiger partial charge in [-0.05, 0) is 13.8 Å². The van der Waals surface area contributed by atoms with Crippen LogP contribution in [0.15, 0.2) is 0 Å². The van der Waals surface area contributed by atoms with Crippen LogP contribution < -0.4 is 10.6 Å². The van der Waals surface area contributed by atoms with E-state index in [0.29, 0.717) is 6.54 Å². The molecule has 0 aliphatic heterocycles. The zero-order chi connectivity index (χ0) is 7.98. The Morgan fingerprint density at radius 2 is 1.90 bits per heavy atom. The van der Waals surface area contributed by atoms with Crippen molar-refractivity contribution >= 4 is 0 Å². The molecule has 0 unspecified atom stereocenters. The smallest absolute Gasteiger partial charge is 0.151 e. The second-order valence-electron chi connectivity index (χ2n) is 2.60. The summed E-state index contributed by atoms with van der Waals surface area (Å²) < 4.78 is 0. The molecule has 0 fully saturated rings. The van der Waals surface area contributed by atoms with Crippen LogP contribution in [-0.2, 0) is 0 Å². The molecule has 0 amide bonds. The molecule has 0 aromatic heterocycles. The average molecular weight is 148 g/mol. The third-order valence-electron chi connectivity index (χ3n) is 1.86. The van der Waals surface area contributed by atoms with Crippen molar-refractivity contribution in [3.05, 3.63) is 0 Å². The van der Waals surface area contributed by atoms with Crippen molar-refractivity contribution < 1.29 is 15.7 Å². The van der Waals surface area contributed by atoms with E-state index in [1.807, 2.05) is 0 Å². The molecule has 0 aliphatic rings. The molecule has 0 rings (SSSR count). The predicted molar refractivity (Wildman–Crippen MR) is 40.7 cm³/mol. The Hall–Kier alpha value is -0.120. The lowest BCUT2D eigenvalue weighted by atomic mass is 10.3. The standard InChI is InChI=1S/C7H18N2O/c1-3-9(4-2)6-7(10)5-8/h7,10H,3-6,8H2,1-2H3/p+2/t7-/m0/s1. The van der Waals surface area contributed by atoms with Gasteiger partial charge in [-0.1, -0.05) is 0 Å². The van der Waals surface area contributed by atoms with Crippen molar-refractivity contribution in [1.29, 1.82) is 0 Å². The zero-order valence-corrected chi connectivity index (χ0v) is 7.06. The molecular weight excluding hydrogens is 128 g/mol. The Morgan fingerprint density at radius 1 is 1.40 bits per heavy atom. The van der Waals surface area contributed by atoms with E-state index in [1.54, 1.807) is 0 Å². The Bertz CT molecular complexity index is 74.0. The van der Waals surface area contributed by atoms with Crippen LogP contribution in [0.4, 0.5) is 0 Å². The van der Waals surface area contributed by atoms with Gasteiger partial charge < -0.3 is 15.7 Å². The molecule has 3 nitrogen and oxygen atoms in total. The fourth-order valence-corrected chi connectivity index (χ4v) is 0.974. The van der Waals surface area contributed by atoms with E-state index in [4.69, 9.17) is 0 Å². The van der Waals surface area contributed by atoms with Crippen LogP contribution in [-0.4, -0.2) is 37.4 Å². The zero-order valence-electron chi connectivity index (χ0n) is 7.06. The first-order chi connectivity index (χ1) is 4.74. The van der Waals surface area contributed by atoms with Gasteiger partial charge in [0.15, 0.2) is 6.10 Å². The van der Waals surface area contributed by atoms with Gasteiger partial charge in [-0.15, -0.1) is 0 Å². The highest BCUT2D eigenvalue weighted by molar-refractivity contribution is 4.45. The normalized spacial score (nSPS) is 14.1. The molecule has 0 saturated heterocycles. The molecule has 0 bridgehead atoms. The van der Waals surface area contributed by atoms with Gasteiger partial charge in [-0.25, -0.2) is 0 Å². The summed E-state index contributed by atoms with van der Waals surface area (Å²) in [7, 11) is 0. The van der Waals surface area contributed by atoms with Crippen molar-refractivity contribution in [3.63, 3.8) is 0 Å². The summed E-state index contributed by atoms with van der Waals surface area (Å²) in [4.78, 5) is 1.44. The first-order valence-electron chi connectivity index (χ1n) is 4.05. The molecule has 10 heavy (non-hydrogen) atoms. The molecular formula is C7H20N2O+2. The van der Waals surface area contributed by atoms with Gasteiger partial charge in [0.2, 0.25) is 0 Å². The monoisotopic (exact) mass is 148 g/mol. The maximum absolute atomic E-state index is 9.21. The van der Waals surface area contributed by atoms with Crippen LogP contribution in [0, 0.1) is 0 Å². The topological polar surface area (TPSA) is 52.3 Å². The third kappa shape index (κ3) is 3.82. The van der Waals surface area contributed by atoms with E-state index in [9.17, 15) is 5.11 Å². The molecule has 3 heteroatoms. The SMILES string of the molecule is CC[NH+](CC)C[C@@H](O)C[NH3+]. The van der Waals surface area contributed by atoms with Crippen molar-refractivity contribution in [2.45, 2.75) is 20.0 Å². The molecule has 0 radical (unpaired) electrons. The van der Waals surface area contributed by atoms with Crippen molar-refractivity contribution in [2.75, 3.05) is 26.2 Å². The summed E-state index contributed by atoms with van der Waals surface area (Å²) >= 11 is 0. The summed E-state index contributed by atoms with van der Waals surface area (Å²) in [5.74, 6) is 0. The Morgan fingerprint density at radius 3 is 2.20 bits per heavy atom. The van der Waals surface area contributed by atoms with Crippen LogP contribution in [0.3, 0.4) is 0 Å².